The summed E-state index contributed by atoms with van der Waals surface area (Å²) in [6, 6.07) is 9.10. The van der Waals surface area contributed by atoms with Crippen LogP contribution in [0.25, 0.3) is 0 Å². The molecule has 0 amide bonds. The minimum atomic E-state index is -0.443. The van der Waals surface area contributed by atoms with Crippen molar-refractivity contribution >= 4 is 29.9 Å². The lowest BCUT2D eigenvalue weighted by Crippen LogP contribution is -2.49. The highest BCUT2D eigenvalue weighted by atomic mass is 127. The van der Waals surface area contributed by atoms with Crippen LogP contribution in [0.2, 0.25) is 0 Å². The van der Waals surface area contributed by atoms with Gasteiger partial charge < -0.3 is 20.6 Å². The lowest BCUT2D eigenvalue weighted by Gasteiger charge is -2.33. The molecule has 6 nitrogen and oxygen atoms in total. The lowest BCUT2D eigenvalue weighted by molar-refractivity contribution is 0.111. The largest absolute Gasteiger partial charge is 0.390 e. The van der Waals surface area contributed by atoms with Crippen molar-refractivity contribution < 1.29 is 5.11 Å². The number of hydrogen-bond acceptors (Lipinski definition) is 4. The fourth-order valence-electron chi connectivity index (χ4n) is 4.46. The van der Waals surface area contributed by atoms with Gasteiger partial charge in [0.2, 0.25) is 0 Å². The lowest BCUT2D eigenvalue weighted by atomic mass is 10.00. The van der Waals surface area contributed by atoms with E-state index in [2.05, 4.69) is 58.5 Å². The molecular weight excluding hydrogens is 501 g/mol. The van der Waals surface area contributed by atoms with Gasteiger partial charge in [-0.1, -0.05) is 37.6 Å². The van der Waals surface area contributed by atoms with Crippen LogP contribution in [-0.4, -0.2) is 78.8 Å². The Balaban J connectivity index is 0.00000341. The second-order valence-corrected chi connectivity index (χ2v) is 8.74. The molecule has 1 aromatic carbocycles. The summed E-state index contributed by atoms with van der Waals surface area (Å²) in [6.07, 6.45) is 5.49. The maximum atomic E-state index is 10.6. The molecule has 0 bridgehead atoms. The van der Waals surface area contributed by atoms with Gasteiger partial charge in [-0.15, -0.1) is 24.0 Å². The molecule has 1 aromatic rings. The second-order valence-electron chi connectivity index (χ2n) is 8.74. The summed E-state index contributed by atoms with van der Waals surface area (Å²) < 4.78 is 0. The van der Waals surface area contributed by atoms with Gasteiger partial charge in [-0.2, -0.15) is 0 Å². The number of aliphatic hydroxyl groups is 1. The number of halogens is 1. The Morgan fingerprint density at radius 3 is 2.58 bits per heavy atom. The molecule has 1 atom stereocenters. The first-order valence-electron chi connectivity index (χ1n) is 11.9. The van der Waals surface area contributed by atoms with Crippen LogP contribution in [0.1, 0.15) is 50.7 Å². The third-order valence-corrected chi connectivity index (χ3v) is 6.24. The predicted molar refractivity (Wildman–Crippen MR) is 140 cm³/mol. The van der Waals surface area contributed by atoms with Crippen molar-refractivity contribution in [3.05, 3.63) is 35.4 Å². The van der Waals surface area contributed by atoms with E-state index in [9.17, 15) is 5.11 Å². The van der Waals surface area contributed by atoms with E-state index < -0.39 is 6.10 Å². The number of likely N-dealkylation sites (tertiary alicyclic amines) is 1. The van der Waals surface area contributed by atoms with Crippen LogP contribution < -0.4 is 10.6 Å². The molecule has 0 aromatic heterocycles. The Morgan fingerprint density at radius 1 is 1.13 bits per heavy atom. The number of unbranched alkanes of at least 4 members (excludes halogenated alkanes) is 1. The molecule has 3 N–H and O–H groups in total. The number of aliphatic hydroxyl groups excluding tert-OH is 1. The van der Waals surface area contributed by atoms with E-state index in [1.165, 1.54) is 30.5 Å². The zero-order chi connectivity index (χ0) is 21.2. The van der Waals surface area contributed by atoms with Crippen molar-refractivity contribution in [2.45, 2.75) is 64.6 Å². The fourth-order valence-corrected chi connectivity index (χ4v) is 4.46. The van der Waals surface area contributed by atoms with E-state index in [0.717, 1.165) is 57.9 Å². The zero-order valence-corrected chi connectivity index (χ0v) is 21.7. The van der Waals surface area contributed by atoms with E-state index in [0.29, 0.717) is 19.1 Å². The summed E-state index contributed by atoms with van der Waals surface area (Å²) in [5.41, 5.74) is 2.83. The molecule has 7 heteroatoms. The van der Waals surface area contributed by atoms with Crippen molar-refractivity contribution in [3.8, 4) is 0 Å². The van der Waals surface area contributed by atoms with Gasteiger partial charge in [0.05, 0.1) is 12.6 Å². The number of β-amino-alcohol motifs (C(OH)–C–C–N with tert-alkyl or cyclic N) is 1. The van der Waals surface area contributed by atoms with Crippen LogP contribution in [0.15, 0.2) is 29.3 Å². The number of aliphatic imine (C=N–C) groups is 1. The summed E-state index contributed by atoms with van der Waals surface area (Å²) in [5, 5.41) is 17.5. The fraction of sp³-hybridized carbons (Fsp3) is 0.708. The predicted octanol–water partition coefficient (Wildman–Crippen LogP) is 2.84. The minimum absolute atomic E-state index is 0. The molecule has 2 heterocycles. The number of piperidine rings is 1. The average Bonchev–Trinajstić information content (AvgIpc) is 2.77. The van der Waals surface area contributed by atoms with Crippen molar-refractivity contribution in [1.82, 2.24) is 20.4 Å². The number of rotatable bonds is 9. The molecule has 2 aliphatic rings. The van der Waals surface area contributed by atoms with Crippen LogP contribution in [-0.2, 0) is 13.0 Å². The van der Waals surface area contributed by atoms with Gasteiger partial charge in [-0.25, -0.2) is 0 Å². The highest BCUT2D eigenvalue weighted by Crippen LogP contribution is 2.18. The highest BCUT2D eigenvalue weighted by Gasteiger charge is 2.21. The van der Waals surface area contributed by atoms with E-state index in [1.54, 1.807) is 0 Å². The number of nitrogens with one attached hydrogen (secondary N) is 2. The Morgan fingerprint density at radius 2 is 1.87 bits per heavy atom. The molecular formula is C24H42IN5O. The maximum absolute atomic E-state index is 10.6. The van der Waals surface area contributed by atoms with Gasteiger partial charge in [-0.3, -0.25) is 9.89 Å². The molecule has 2 aliphatic heterocycles. The molecule has 3 rings (SSSR count). The number of fused-ring (bicyclic) bond motifs is 1. The first kappa shape index (κ1) is 26.4. The van der Waals surface area contributed by atoms with E-state index in [4.69, 9.17) is 4.99 Å². The van der Waals surface area contributed by atoms with E-state index in [1.807, 2.05) is 0 Å². The van der Waals surface area contributed by atoms with Gasteiger partial charge in [0, 0.05) is 45.3 Å². The standard InChI is InChI=1S/C24H41N5O.HI/c1-3-5-13-28-15-11-22(12-16-28)27-24(25-4-2)26-17-23(30)19-29-14-10-20-8-6-7-9-21(20)18-29;/h6-9,22-23,30H,3-5,10-19H2,1-2H3,(H2,25,26,27);1H. The summed E-state index contributed by atoms with van der Waals surface area (Å²) in [6.45, 7) is 11.8. The molecule has 31 heavy (non-hydrogen) atoms. The van der Waals surface area contributed by atoms with Gasteiger partial charge >= 0.3 is 0 Å². The maximum Gasteiger partial charge on any atom is 0.191 e. The third-order valence-electron chi connectivity index (χ3n) is 6.24. The van der Waals surface area contributed by atoms with Crippen LogP contribution in [0.3, 0.4) is 0 Å². The van der Waals surface area contributed by atoms with Crippen LogP contribution in [0, 0.1) is 0 Å². The topological polar surface area (TPSA) is 63.1 Å². The van der Waals surface area contributed by atoms with Gasteiger partial charge in [0.1, 0.15) is 0 Å². The average molecular weight is 544 g/mol. The van der Waals surface area contributed by atoms with Crippen molar-refractivity contribution in [1.29, 1.82) is 0 Å². The van der Waals surface area contributed by atoms with Crippen LogP contribution in [0.5, 0.6) is 0 Å². The Labute approximate surface area is 205 Å². The number of benzene rings is 1. The Hall–Kier alpha value is -0.900. The SMILES string of the molecule is CCCCN1CCC(NC(=NCC(O)CN2CCc3ccccc3C2)NCC)CC1.I. The van der Waals surface area contributed by atoms with Crippen LogP contribution >= 0.6 is 24.0 Å². The molecule has 1 unspecified atom stereocenters. The number of nitrogens with zero attached hydrogens (tertiary/aromatic N) is 3. The Bertz CT molecular complexity index is 663. The summed E-state index contributed by atoms with van der Waals surface area (Å²) in [7, 11) is 0. The molecule has 176 valence electrons. The van der Waals surface area contributed by atoms with Crippen LogP contribution in [0.4, 0.5) is 0 Å². The van der Waals surface area contributed by atoms with E-state index >= 15 is 0 Å². The van der Waals surface area contributed by atoms with Crippen molar-refractivity contribution in [3.63, 3.8) is 0 Å². The second kappa shape index (κ2) is 14.3. The molecule has 0 saturated carbocycles. The number of guanidine groups is 1. The highest BCUT2D eigenvalue weighted by molar-refractivity contribution is 14.0. The summed E-state index contributed by atoms with van der Waals surface area (Å²) in [4.78, 5) is 9.61. The molecule has 1 fully saturated rings. The number of hydrogen-bond donors (Lipinski definition) is 3. The smallest absolute Gasteiger partial charge is 0.191 e. The first-order valence-corrected chi connectivity index (χ1v) is 11.9. The molecule has 0 spiro atoms. The summed E-state index contributed by atoms with van der Waals surface area (Å²) >= 11 is 0. The van der Waals surface area contributed by atoms with Gasteiger partial charge in [0.15, 0.2) is 5.96 Å². The minimum Gasteiger partial charge on any atom is -0.390 e. The van der Waals surface area contributed by atoms with E-state index in [-0.39, 0.29) is 24.0 Å². The summed E-state index contributed by atoms with van der Waals surface area (Å²) in [5.74, 6) is 0.840. The molecule has 1 saturated heterocycles. The monoisotopic (exact) mass is 543 g/mol. The van der Waals surface area contributed by atoms with Gasteiger partial charge in [-0.05, 0) is 50.3 Å². The zero-order valence-electron chi connectivity index (χ0n) is 19.4. The van der Waals surface area contributed by atoms with Crippen molar-refractivity contribution in [2.75, 3.05) is 45.8 Å². The molecule has 0 aliphatic carbocycles. The van der Waals surface area contributed by atoms with Gasteiger partial charge in [0.25, 0.3) is 0 Å². The normalized spacial score (nSPS) is 19.4. The molecule has 0 radical (unpaired) electrons. The first-order chi connectivity index (χ1) is 14.7. The Kier molecular flexibility index (Phi) is 12.1. The third kappa shape index (κ3) is 8.86. The van der Waals surface area contributed by atoms with Crippen molar-refractivity contribution in [2.24, 2.45) is 4.99 Å². The quantitative estimate of drug-likeness (QED) is 0.254.